The smallest absolute Gasteiger partial charge is 0.00926 e. The van der Waals surface area contributed by atoms with Crippen LogP contribution < -0.4 is 5.32 Å². The minimum Gasteiger partial charge on any atom is -0.317 e. The molecule has 1 N–H and O–H groups in total. The predicted molar refractivity (Wildman–Crippen MR) is 68.4 cm³/mol. The van der Waals surface area contributed by atoms with E-state index in [1.54, 1.807) is 0 Å². The molecule has 4 bridgehead atoms. The van der Waals surface area contributed by atoms with Gasteiger partial charge in [0.2, 0.25) is 0 Å². The van der Waals surface area contributed by atoms with Crippen LogP contribution in [-0.4, -0.2) is 13.1 Å². The van der Waals surface area contributed by atoms with Crippen molar-refractivity contribution in [2.75, 3.05) is 7.05 Å². The van der Waals surface area contributed by atoms with Crippen molar-refractivity contribution in [2.45, 2.75) is 65.3 Å². The van der Waals surface area contributed by atoms with Gasteiger partial charge in [-0.1, -0.05) is 13.8 Å². The number of hydrogen-bond acceptors (Lipinski definition) is 1. The molecule has 0 aromatic rings. The van der Waals surface area contributed by atoms with Gasteiger partial charge in [0.05, 0.1) is 0 Å². The van der Waals surface area contributed by atoms with Crippen molar-refractivity contribution >= 4 is 0 Å². The third-order valence-electron chi connectivity index (χ3n) is 6.02. The van der Waals surface area contributed by atoms with Gasteiger partial charge < -0.3 is 5.32 Å². The molecule has 0 saturated heterocycles. The standard InChI is InChI=1S/C15H27N/c1-11(16-4)15-7-12-5-13(2,9-15)8-14(3,6-12)10-15/h11-12,16H,5-10H2,1-4H3. The first-order chi connectivity index (χ1) is 7.39. The van der Waals surface area contributed by atoms with E-state index in [2.05, 4.69) is 33.1 Å². The molecule has 4 aliphatic rings. The van der Waals surface area contributed by atoms with Crippen molar-refractivity contribution in [1.82, 2.24) is 5.32 Å². The summed E-state index contributed by atoms with van der Waals surface area (Å²) in [7, 11) is 2.15. The Balaban J connectivity index is 1.98. The van der Waals surface area contributed by atoms with Gasteiger partial charge in [0.15, 0.2) is 0 Å². The van der Waals surface area contributed by atoms with Crippen molar-refractivity contribution in [2.24, 2.45) is 22.2 Å². The Morgan fingerprint density at radius 1 is 1.00 bits per heavy atom. The Morgan fingerprint density at radius 3 is 2.00 bits per heavy atom. The van der Waals surface area contributed by atoms with Gasteiger partial charge in [-0.05, 0) is 74.7 Å². The molecule has 1 nitrogen and oxygen atoms in total. The summed E-state index contributed by atoms with van der Waals surface area (Å²) in [6, 6.07) is 0.703. The molecule has 4 aliphatic carbocycles. The molecule has 3 unspecified atom stereocenters. The average molecular weight is 221 g/mol. The molecule has 0 heterocycles. The van der Waals surface area contributed by atoms with Crippen molar-refractivity contribution in [3.63, 3.8) is 0 Å². The summed E-state index contributed by atoms with van der Waals surface area (Å²) in [6.07, 6.45) is 8.98. The second-order valence-electron chi connectivity index (χ2n) is 8.00. The molecule has 0 aromatic carbocycles. The molecular formula is C15H27N. The van der Waals surface area contributed by atoms with E-state index in [9.17, 15) is 0 Å². The predicted octanol–water partition coefficient (Wildman–Crippen LogP) is 3.59. The van der Waals surface area contributed by atoms with E-state index in [0.717, 1.165) is 5.92 Å². The van der Waals surface area contributed by atoms with Crippen LogP contribution in [0.2, 0.25) is 0 Å². The first kappa shape index (κ1) is 11.1. The Labute approximate surface area is 100 Å². The van der Waals surface area contributed by atoms with Gasteiger partial charge in [0.25, 0.3) is 0 Å². The van der Waals surface area contributed by atoms with Crippen molar-refractivity contribution in [1.29, 1.82) is 0 Å². The van der Waals surface area contributed by atoms with Gasteiger partial charge in [0, 0.05) is 6.04 Å². The summed E-state index contributed by atoms with van der Waals surface area (Å²) >= 11 is 0. The Morgan fingerprint density at radius 2 is 1.56 bits per heavy atom. The molecule has 0 radical (unpaired) electrons. The molecule has 0 amide bonds. The molecule has 16 heavy (non-hydrogen) atoms. The Kier molecular flexibility index (Phi) is 2.11. The lowest BCUT2D eigenvalue weighted by atomic mass is 9.39. The van der Waals surface area contributed by atoms with Crippen molar-refractivity contribution < 1.29 is 0 Å². The molecule has 4 saturated carbocycles. The molecule has 92 valence electrons. The monoisotopic (exact) mass is 221 g/mol. The maximum atomic E-state index is 3.56. The largest absolute Gasteiger partial charge is 0.317 e. The van der Waals surface area contributed by atoms with Crippen LogP contribution in [0, 0.1) is 22.2 Å². The van der Waals surface area contributed by atoms with E-state index in [-0.39, 0.29) is 0 Å². The van der Waals surface area contributed by atoms with Crippen molar-refractivity contribution in [3.8, 4) is 0 Å². The summed E-state index contributed by atoms with van der Waals surface area (Å²) in [5.41, 5.74) is 1.95. The van der Waals surface area contributed by atoms with E-state index in [1.807, 2.05) is 0 Å². The van der Waals surface area contributed by atoms with Crippen LogP contribution in [0.5, 0.6) is 0 Å². The maximum Gasteiger partial charge on any atom is 0.00926 e. The third kappa shape index (κ3) is 1.40. The zero-order chi connectivity index (χ0) is 11.6. The van der Waals surface area contributed by atoms with Gasteiger partial charge in [0.1, 0.15) is 0 Å². The topological polar surface area (TPSA) is 12.0 Å². The van der Waals surface area contributed by atoms with Crippen LogP contribution in [0.15, 0.2) is 0 Å². The van der Waals surface area contributed by atoms with Gasteiger partial charge in [-0.3, -0.25) is 0 Å². The molecule has 0 spiro atoms. The Hall–Kier alpha value is -0.0400. The minimum atomic E-state index is 0.623. The summed E-state index contributed by atoms with van der Waals surface area (Å²) in [6.45, 7) is 7.54. The highest BCUT2D eigenvalue weighted by Gasteiger charge is 2.61. The second kappa shape index (κ2) is 3.04. The maximum absolute atomic E-state index is 3.56. The lowest BCUT2D eigenvalue weighted by molar-refractivity contribution is -0.155. The molecular weight excluding hydrogens is 194 g/mol. The van der Waals surface area contributed by atoms with Crippen LogP contribution in [0.1, 0.15) is 59.3 Å². The van der Waals surface area contributed by atoms with Crippen LogP contribution in [0.4, 0.5) is 0 Å². The SMILES string of the molecule is CNC(C)C12CC3CC(C)(CC(C)(C3)C1)C2. The zero-order valence-electron chi connectivity index (χ0n) is 11.4. The summed E-state index contributed by atoms with van der Waals surface area (Å²) in [5.74, 6) is 1.03. The van der Waals surface area contributed by atoms with Gasteiger partial charge in [-0.25, -0.2) is 0 Å². The van der Waals surface area contributed by atoms with Crippen LogP contribution >= 0.6 is 0 Å². The lowest BCUT2D eigenvalue weighted by Gasteiger charge is -2.67. The van der Waals surface area contributed by atoms with E-state index in [4.69, 9.17) is 0 Å². The van der Waals surface area contributed by atoms with E-state index in [1.165, 1.54) is 38.5 Å². The normalized spacial score (nSPS) is 56.6. The molecule has 0 aromatic heterocycles. The fourth-order valence-electron chi connectivity index (χ4n) is 6.33. The van der Waals surface area contributed by atoms with E-state index < -0.39 is 0 Å². The second-order valence-corrected chi connectivity index (χ2v) is 8.00. The number of nitrogens with one attached hydrogen (secondary N) is 1. The number of hydrogen-bond donors (Lipinski definition) is 1. The van der Waals surface area contributed by atoms with Crippen LogP contribution in [0.3, 0.4) is 0 Å². The summed E-state index contributed by atoms with van der Waals surface area (Å²) in [4.78, 5) is 0. The fourth-order valence-corrected chi connectivity index (χ4v) is 6.33. The molecule has 1 heteroatoms. The number of rotatable bonds is 2. The highest BCUT2D eigenvalue weighted by Crippen LogP contribution is 2.70. The van der Waals surface area contributed by atoms with Gasteiger partial charge in [-0.15, -0.1) is 0 Å². The summed E-state index contributed by atoms with van der Waals surface area (Å²) in [5, 5.41) is 3.56. The first-order valence-corrected chi connectivity index (χ1v) is 7.06. The van der Waals surface area contributed by atoms with Crippen LogP contribution in [-0.2, 0) is 0 Å². The molecule has 0 aliphatic heterocycles. The zero-order valence-corrected chi connectivity index (χ0v) is 11.4. The molecule has 4 rings (SSSR count). The molecule has 4 fully saturated rings. The highest BCUT2D eigenvalue weighted by molar-refractivity contribution is 5.12. The van der Waals surface area contributed by atoms with Crippen LogP contribution in [0.25, 0.3) is 0 Å². The third-order valence-corrected chi connectivity index (χ3v) is 6.02. The van der Waals surface area contributed by atoms with Gasteiger partial charge >= 0.3 is 0 Å². The van der Waals surface area contributed by atoms with E-state index >= 15 is 0 Å². The Bertz CT molecular complexity index is 291. The molecule has 3 atom stereocenters. The lowest BCUT2D eigenvalue weighted by Crippen LogP contribution is -2.60. The highest BCUT2D eigenvalue weighted by atomic mass is 14.9. The van der Waals surface area contributed by atoms with Gasteiger partial charge in [-0.2, -0.15) is 0 Å². The quantitative estimate of drug-likeness (QED) is 0.751. The average Bonchev–Trinajstić information content (AvgIpc) is 2.10. The van der Waals surface area contributed by atoms with Crippen molar-refractivity contribution in [3.05, 3.63) is 0 Å². The minimum absolute atomic E-state index is 0.623. The summed E-state index contributed by atoms with van der Waals surface area (Å²) < 4.78 is 0. The van der Waals surface area contributed by atoms with E-state index in [0.29, 0.717) is 22.3 Å². The fraction of sp³-hybridized carbons (Fsp3) is 1.00. The first-order valence-electron chi connectivity index (χ1n) is 7.06.